The van der Waals surface area contributed by atoms with Crippen molar-refractivity contribution in [2.75, 3.05) is 10.6 Å². The average molecular weight is 427 g/mol. The Labute approximate surface area is 184 Å². The number of hydrogen-bond donors (Lipinski definition) is 2. The first kappa shape index (κ1) is 19.3. The molecule has 0 aromatic heterocycles. The van der Waals surface area contributed by atoms with Crippen molar-refractivity contribution in [1.82, 2.24) is 0 Å². The maximum Gasteiger partial charge on any atom is 0.257 e. The van der Waals surface area contributed by atoms with Crippen molar-refractivity contribution in [2.24, 2.45) is 0 Å². The Hall–Kier alpha value is -3.63. The first-order valence-electron chi connectivity index (χ1n) is 10.1. The fourth-order valence-corrected chi connectivity index (χ4v) is 4.28. The molecule has 0 unspecified atom stereocenters. The van der Waals surface area contributed by atoms with Gasteiger partial charge in [-0.25, -0.2) is 0 Å². The molecule has 0 atom stereocenters. The lowest BCUT2D eigenvalue weighted by atomic mass is 9.99. The van der Waals surface area contributed by atoms with E-state index in [2.05, 4.69) is 16.7 Å². The second kappa shape index (κ2) is 7.89. The fourth-order valence-electron chi connectivity index (χ4n) is 4.16. The van der Waals surface area contributed by atoms with E-state index in [1.807, 2.05) is 24.3 Å². The number of rotatable bonds is 4. The molecule has 0 saturated carbocycles. The monoisotopic (exact) mass is 426 g/mol. The van der Waals surface area contributed by atoms with Crippen LogP contribution >= 0.6 is 11.6 Å². The molecule has 4 aromatic rings. The molecule has 0 saturated heterocycles. The molecule has 0 spiro atoms. The standard InChI is InChI=1S/C26H19ClN2O2/c27-18-11-13-19(14-12-18)28-26(31)22-5-1-2-7-23(22)29-25(30)21-15-10-17-9-8-16-4-3-6-20(21)24(16)17/h1-7,10-15H,8-9H2,(H,28,31)(H,29,30). The highest BCUT2D eigenvalue weighted by molar-refractivity contribution is 6.30. The van der Waals surface area contributed by atoms with E-state index < -0.39 is 0 Å². The lowest BCUT2D eigenvalue weighted by molar-refractivity contribution is 0.102. The topological polar surface area (TPSA) is 58.2 Å². The molecule has 5 rings (SSSR count). The zero-order valence-corrected chi connectivity index (χ0v) is 17.4. The summed E-state index contributed by atoms with van der Waals surface area (Å²) in [7, 11) is 0. The van der Waals surface area contributed by atoms with Crippen LogP contribution in [0.4, 0.5) is 11.4 Å². The molecule has 0 heterocycles. The Morgan fingerprint density at radius 2 is 1.39 bits per heavy atom. The van der Waals surface area contributed by atoms with Crippen molar-refractivity contribution in [3.63, 3.8) is 0 Å². The van der Waals surface area contributed by atoms with Crippen LogP contribution in [0.5, 0.6) is 0 Å². The minimum Gasteiger partial charge on any atom is -0.322 e. The summed E-state index contributed by atoms with van der Waals surface area (Å²) in [6, 6.07) is 23.9. The van der Waals surface area contributed by atoms with Crippen LogP contribution in [0.1, 0.15) is 31.8 Å². The second-order valence-corrected chi connectivity index (χ2v) is 8.01. The Kier molecular flexibility index (Phi) is 4.92. The minimum absolute atomic E-state index is 0.234. The molecule has 2 amide bonds. The lowest BCUT2D eigenvalue weighted by Crippen LogP contribution is -2.18. The van der Waals surface area contributed by atoms with Gasteiger partial charge in [0.25, 0.3) is 11.8 Å². The summed E-state index contributed by atoms with van der Waals surface area (Å²) in [6.07, 6.45) is 2.01. The van der Waals surface area contributed by atoms with E-state index in [1.54, 1.807) is 48.5 Å². The molecule has 0 bridgehead atoms. The van der Waals surface area contributed by atoms with Gasteiger partial charge < -0.3 is 10.6 Å². The van der Waals surface area contributed by atoms with Gasteiger partial charge in [-0.15, -0.1) is 0 Å². The molecule has 4 aromatic carbocycles. The number of benzene rings is 4. The quantitative estimate of drug-likeness (QED) is 0.414. The summed E-state index contributed by atoms with van der Waals surface area (Å²) in [5, 5.41) is 8.51. The van der Waals surface area contributed by atoms with Crippen LogP contribution in [-0.2, 0) is 12.8 Å². The third-order valence-corrected chi connectivity index (χ3v) is 5.90. The van der Waals surface area contributed by atoms with Crippen molar-refractivity contribution in [3.8, 4) is 0 Å². The summed E-state index contributed by atoms with van der Waals surface area (Å²) >= 11 is 5.91. The first-order chi connectivity index (χ1) is 15.1. The molecule has 0 radical (unpaired) electrons. The van der Waals surface area contributed by atoms with Crippen molar-refractivity contribution >= 4 is 45.6 Å². The van der Waals surface area contributed by atoms with Crippen LogP contribution < -0.4 is 10.6 Å². The maximum absolute atomic E-state index is 13.2. The molecular formula is C26H19ClN2O2. The van der Waals surface area contributed by atoms with Gasteiger partial charge in [-0.1, -0.05) is 48.0 Å². The summed E-state index contributed by atoms with van der Waals surface area (Å²) in [5.41, 5.74) is 4.65. The normalized spacial score (nSPS) is 12.0. The number of hydrogen-bond acceptors (Lipinski definition) is 2. The number of carbonyl (C=O) groups is 2. The molecule has 1 aliphatic carbocycles. The predicted octanol–water partition coefficient (Wildman–Crippen LogP) is 6.10. The summed E-state index contributed by atoms with van der Waals surface area (Å²) < 4.78 is 0. The number of anilines is 2. The van der Waals surface area contributed by atoms with Crippen LogP contribution in [0.3, 0.4) is 0 Å². The number of amides is 2. The van der Waals surface area contributed by atoms with Crippen molar-refractivity contribution in [1.29, 1.82) is 0 Å². The van der Waals surface area contributed by atoms with E-state index in [4.69, 9.17) is 11.6 Å². The van der Waals surface area contributed by atoms with E-state index in [-0.39, 0.29) is 11.8 Å². The zero-order chi connectivity index (χ0) is 21.4. The predicted molar refractivity (Wildman–Crippen MR) is 125 cm³/mol. The molecule has 0 fully saturated rings. The van der Waals surface area contributed by atoms with Gasteiger partial charge >= 0.3 is 0 Å². The summed E-state index contributed by atoms with van der Waals surface area (Å²) in [4.78, 5) is 26.0. The van der Waals surface area contributed by atoms with E-state index >= 15 is 0 Å². The van der Waals surface area contributed by atoms with E-state index in [0.29, 0.717) is 27.5 Å². The van der Waals surface area contributed by atoms with E-state index in [0.717, 1.165) is 18.2 Å². The second-order valence-electron chi connectivity index (χ2n) is 7.57. The zero-order valence-electron chi connectivity index (χ0n) is 16.6. The Balaban J connectivity index is 1.44. The SMILES string of the molecule is O=C(Nc1ccc(Cl)cc1)c1ccccc1NC(=O)c1ccc2c3c(cccc13)CC2. The Morgan fingerprint density at radius 1 is 0.677 bits per heavy atom. The highest BCUT2D eigenvalue weighted by atomic mass is 35.5. The Morgan fingerprint density at radius 3 is 2.19 bits per heavy atom. The van der Waals surface area contributed by atoms with Crippen molar-refractivity contribution < 1.29 is 9.59 Å². The Bertz CT molecular complexity index is 1320. The molecule has 31 heavy (non-hydrogen) atoms. The van der Waals surface area contributed by atoms with Gasteiger partial charge in [0.15, 0.2) is 0 Å². The molecule has 152 valence electrons. The first-order valence-corrected chi connectivity index (χ1v) is 10.5. The number of para-hydroxylation sites is 1. The maximum atomic E-state index is 13.2. The number of nitrogens with one attached hydrogen (secondary N) is 2. The molecule has 4 nitrogen and oxygen atoms in total. The molecule has 5 heteroatoms. The highest BCUT2D eigenvalue weighted by Crippen LogP contribution is 2.33. The van der Waals surface area contributed by atoms with Crippen LogP contribution in [0.15, 0.2) is 78.9 Å². The van der Waals surface area contributed by atoms with Gasteiger partial charge in [-0.2, -0.15) is 0 Å². The van der Waals surface area contributed by atoms with Gasteiger partial charge in [0.05, 0.1) is 11.3 Å². The number of halogens is 1. The number of aryl methyl sites for hydroxylation is 2. The van der Waals surface area contributed by atoms with Crippen LogP contribution in [-0.4, -0.2) is 11.8 Å². The summed E-state index contributed by atoms with van der Waals surface area (Å²) in [5.74, 6) is -0.541. The summed E-state index contributed by atoms with van der Waals surface area (Å²) in [6.45, 7) is 0. The van der Waals surface area contributed by atoms with Gasteiger partial charge in [0.2, 0.25) is 0 Å². The van der Waals surface area contributed by atoms with Crippen LogP contribution in [0, 0.1) is 0 Å². The highest BCUT2D eigenvalue weighted by Gasteiger charge is 2.20. The largest absolute Gasteiger partial charge is 0.322 e. The average Bonchev–Trinajstić information content (AvgIpc) is 3.21. The van der Waals surface area contributed by atoms with Crippen molar-refractivity contribution in [3.05, 3.63) is 106 Å². The molecule has 0 aliphatic heterocycles. The fraction of sp³-hybridized carbons (Fsp3) is 0.0769. The van der Waals surface area contributed by atoms with Crippen LogP contribution in [0.25, 0.3) is 10.8 Å². The third kappa shape index (κ3) is 3.66. The van der Waals surface area contributed by atoms with Gasteiger partial charge in [-0.05, 0) is 77.2 Å². The van der Waals surface area contributed by atoms with Gasteiger partial charge in [-0.3, -0.25) is 9.59 Å². The lowest BCUT2D eigenvalue weighted by Gasteiger charge is -2.13. The minimum atomic E-state index is -0.307. The molecular weight excluding hydrogens is 408 g/mol. The van der Waals surface area contributed by atoms with Crippen LogP contribution in [0.2, 0.25) is 5.02 Å². The third-order valence-electron chi connectivity index (χ3n) is 5.64. The molecule has 1 aliphatic rings. The van der Waals surface area contributed by atoms with Crippen molar-refractivity contribution in [2.45, 2.75) is 12.8 Å². The van der Waals surface area contributed by atoms with Gasteiger partial charge in [0.1, 0.15) is 0 Å². The number of carbonyl (C=O) groups excluding carboxylic acids is 2. The smallest absolute Gasteiger partial charge is 0.257 e. The van der Waals surface area contributed by atoms with Gasteiger partial charge in [0, 0.05) is 16.3 Å². The molecule has 2 N–H and O–H groups in total. The van der Waals surface area contributed by atoms with E-state index in [9.17, 15) is 9.59 Å². The van der Waals surface area contributed by atoms with E-state index in [1.165, 1.54) is 16.5 Å².